The van der Waals surface area contributed by atoms with E-state index in [0.717, 1.165) is 31.6 Å². The molecule has 4 heteroatoms. The lowest BCUT2D eigenvalue weighted by Crippen LogP contribution is -2.40. The summed E-state index contributed by atoms with van der Waals surface area (Å²) in [4.78, 5) is 4.24. The molecule has 0 spiro atoms. The van der Waals surface area contributed by atoms with E-state index in [0.29, 0.717) is 12.5 Å². The van der Waals surface area contributed by atoms with Crippen molar-refractivity contribution in [2.75, 3.05) is 26.7 Å². The van der Waals surface area contributed by atoms with Crippen molar-refractivity contribution in [1.29, 1.82) is 0 Å². The van der Waals surface area contributed by atoms with E-state index in [4.69, 9.17) is 4.74 Å². The Morgan fingerprint density at radius 2 is 2.05 bits per heavy atom. The number of rotatable bonds is 8. The third-order valence-corrected chi connectivity index (χ3v) is 3.61. The summed E-state index contributed by atoms with van der Waals surface area (Å²) >= 11 is 0. The van der Waals surface area contributed by atoms with Crippen molar-refractivity contribution in [3.63, 3.8) is 0 Å². The second-order valence-electron chi connectivity index (χ2n) is 5.88. The second kappa shape index (κ2) is 8.67. The minimum absolute atomic E-state index is 0.452. The Balaban J connectivity index is 1.56. The normalized spacial score (nSPS) is 16.6. The SMILES string of the molecule is CN=C(NCC(C)COCc1ccccc1)NCC1CC1. The fourth-order valence-corrected chi connectivity index (χ4v) is 2.07. The lowest BCUT2D eigenvalue weighted by molar-refractivity contribution is 0.0931. The molecular formula is C17H27N3O. The van der Waals surface area contributed by atoms with Crippen LogP contribution in [0.3, 0.4) is 0 Å². The number of hydrogen-bond donors (Lipinski definition) is 2. The second-order valence-corrected chi connectivity index (χ2v) is 5.88. The zero-order chi connectivity index (χ0) is 14.9. The zero-order valence-electron chi connectivity index (χ0n) is 13.1. The first kappa shape index (κ1) is 15.8. The van der Waals surface area contributed by atoms with Gasteiger partial charge in [0.25, 0.3) is 0 Å². The van der Waals surface area contributed by atoms with E-state index in [2.05, 4.69) is 34.7 Å². The molecule has 2 N–H and O–H groups in total. The highest BCUT2D eigenvalue weighted by molar-refractivity contribution is 5.79. The zero-order valence-corrected chi connectivity index (χ0v) is 13.1. The maximum absolute atomic E-state index is 5.76. The highest BCUT2D eigenvalue weighted by Crippen LogP contribution is 2.27. The van der Waals surface area contributed by atoms with Crippen molar-refractivity contribution in [2.24, 2.45) is 16.8 Å². The fraction of sp³-hybridized carbons (Fsp3) is 0.588. The van der Waals surface area contributed by atoms with Gasteiger partial charge in [-0.2, -0.15) is 0 Å². The highest BCUT2D eigenvalue weighted by atomic mass is 16.5. The topological polar surface area (TPSA) is 45.7 Å². The van der Waals surface area contributed by atoms with Gasteiger partial charge in [-0.1, -0.05) is 37.3 Å². The number of guanidine groups is 1. The molecule has 116 valence electrons. The van der Waals surface area contributed by atoms with Gasteiger partial charge in [-0.05, 0) is 30.2 Å². The minimum Gasteiger partial charge on any atom is -0.376 e. The molecule has 1 atom stereocenters. The molecule has 0 amide bonds. The van der Waals surface area contributed by atoms with Crippen molar-refractivity contribution in [3.8, 4) is 0 Å². The summed E-state index contributed by atoms with van der Waals surface area (Å²) in [6.07, 6.45) is 2.71. The van der Waals surface area contributed by atoms with Gasteiger partial charge in [0.05, 0.1) is 13.2 Å². The van der Waals surface area contributed by atoms with Crippen LogP contribution >= 0.6 is 0 Å². The maximum Gasteiger partial charge on any atom is 0.190 e. The molecule has 0 aliphatic heterocycles. The van der Waals surface area contributed by atoms with Gasteiger partial charge in [0, 0.05) is 20.1 Å². The van der Waals surface area contributed by atoms with Crippen LogP contribution in [-0.4, -0.2) is 32.7 Å². The quantitative estimate of drug-likeness (QED) is 0.571. The Morgan fingerprint density at radius 3 is 2.71 bits per heavy atom. The van der Waals surface area contributed by atoms with Crippen LogP contribution in [0.4, 0.5) is 0 Å². The van der Waals surface area contributed by atoms with Gasteiger partial charge in [0.1, 0.15) is 0 Å². The van der Waals surface area contributed by atoms with Gasteiger partial charge in [0.2, 0.25) is 0 Å². The average molecular weight is 289 g/mol. The van der Waals surface area contributed by atoms with Crippen molar-refractivity contribution in [2.45, 2.75) is 26.4 Å². The number of aliphatic imine (C=N–C) groups is 1. The van der Waals surface area contributed by atoms with Gasteiger partial charge >= 0.3 is 0 Å². The molecule has 1 saturated carbocycles. The van der Waals surface area contributed by atoms with E-state index in [9.17, 15) is 0 Å². The summed E-state index contributed by atoms with van der Waals surface area (Å²) in [5.74, 6) is 2.21. The van der Waals surface area contributed by atoms with Gasteiger partial charge in [-0.3, -0.25) is 4.99 Å². The Kier molecular flexibility index (Phi) is 6.54. The monoisotopic (exact) mass is 289 g/mol. The van der Waals surface area contributed by atoms with Crippen LogP contribution in [-0.2, 0) is 11.3 Å². The van der Waals surface area contributed by atoms with Crippen molar-refractivity contribution in [3.05, 3.63) is 35.9 Å². The summed E-state index contributed by atoms with van der Waals surface area (Å²) < 4.78 is 5.76. The predicted molar refractivity (Wildman–Crippen MR) is 87.4 cm³/mol. The molecule has 21 heavy (non-hydrogen) atoms. The van der Waals surface area contributed by atoms with E-state index in [1.807, 2.05) is 25.2 Å². The summed E-state index contributed by atoms with van der Waals surface area (Å²) in [6, 6.07) is 10.3. The van der Waals surface area contributed by atoms with Crippen LogP contribution in [0, 0.1) is 11.8 Å². The number of benzene rings is 1. The standard InChI is InChI=1S/C17H27N3O/c1-14(12-21-13-16-6-4-3-5-7-16)10-19-17(18-2)20-11-15-8-9-15/h3-7,14-15H,8-13H2,1-2H3,(H2,18,19,20). The van der Waals surface area contributed by atoms with Crippen molar-refractivity contribution < 1.29 is 4.74 Å². The summed E-state index contributed by atoms with van der Waals surface area (Å²) in [5.41, 5.74) is 1.22. The average Bonchev–Trinajstić information content (AvgIpc) is 3.33. The molecule has 1 aliphatic rings. The highest BCUT2D eigenvalue weighted by Gasteiger charge is 2.21. The summed E-state index contributed by atoms with van der Waals surface area (Å²) in [7, 11) is 1.82. The fourth-order valence-electron chi connectivity index (χ4n) is 2.07. The van der Waals surface area contributed by atoms with Crippen molar-refractivity contribution >= 4 is 5.96 Å². The van der Waals surface area contributed by atoms with E-state index in [1.165, 1.54) is 18.4 Å². The van der Waals surface area contributed by atoms with Crippen LogP contribution < -0.4 is 10.6 Å². The predicted octanol–water partition coefficient (Wildman–Crippen LogP) is 2.41. The molecular weight excluding hydrogens is 262 g/mol. The first-order valence-electron chi connectivity index (χ1n) is 7.84. The molecule has 1 aromatic carbocycles. The van der Waals surface area contributed by atoms with Gasteiger partial charge in [-0.25, -0.2) is 0 Å². The third-order valence-electron chi connectivity index (χ3n) is 3.61. The molecule has 1 aliphatic carbocycles. The molecule has 2 rings (SSSR count). The molecule has 0 bridgehead atoms. The molecule has 0 aromatic heterocycles. The smallest absolute Gasteiger partial charge is 0.190 e. The van der Waals surface area contributed by atoms with Crippen LogP contribution in [0.25, 0.3) is 0 Å². The summed E-state index contributed by atoms with van der Waals surface area (Å²) in [6.45, 7) is 5.53. The lowest BCUT2D eigenvalue weighted by atomic mass is 10.2. The van der Waals surface area contributed by atoms with E-state index >= 15 is 0 Å². The molecule has 0 radical (unpaired) electrons. The Bertz CT molecular complexity index is 429. The van der Waals surface area contributed by atoms with E-state index < -0.39 is 0 Å². The van der Waals surface area contributed by atoms with Crippen LogP contribution in [0.15, 0.2) is 35.3 Å². The third kappa shape index (κ3) is 6.63. The molecule has 1 aromatic rings. The Labute approximate surface area is 128 Å². The first-order valence-corrected chi connectivity index (χ1v) is 7.84. The number of nitrogens with one attached hydrogen (secondary N) is 2. The molecule has 1 unspecified atom stereocenters. The van der Waals surface area contributed by atoms with Crippen LogP contribution in [0.5, 0.6) is 0 Å². The number of nitrogens with zero attached hydrogens (tertiary/aromatic N) is 1. The maximum atomic E-state index is 5.76. The lowest BCUT2D eigenvalue weighted by Gasteiger charge is -2.16. The van der Waals surface area contributed by atoms with Crippen molar-refractivity contribution in [1.82, 2.24) is 10.6 Å². The van der Waals surface area contributed by atoms with E-state index in [-0.39, 0.29) is 0 Å². The largest absolute Gasteiger partial charge is 0.376 e. The first-order chi connectivity index (χ1) is 10.3. The Hall–Kier alpha value is -1.55. The number of ether oxygens (including phenoxy) is 1. The van der Waals surface area contributed by atoms with Gasteiger partial charge in [0.15, 0.2) is 5.96 Å². The molecule has 0 saturated heterocycles. The molecule has 1 fully saturated rings. The summed E-state index contributed by atoms with van der Waals surface area (Å²) in [5, 5.41) is 6.73. The molecule has 4 nitrogen and oxygen atoms in total. The van der Waals surface area contributed by atoms with Crippen LogP contribution in [0.2, 0.25) is 0 Å². The Morgan fingerprint density at radius 1 is 1.29 bits per heavy atom. The van der Waals surface area contributed by atoms with Crippen LogP contribution in [0.1, 0.15) is 25.3 Å². The minimum atomic E-state index is 0.452. The number of hydrogen-bond acceptors (Lipinski definition) is 2. The van der Waals surface area contributed by atoms with Gasteiger partial charge < -0.3 is 15.4 Å². The van der Waals surface area contributed by atoms with Gasteiger partial charge in [-0.15, -0.1) is 0 Å². The van der Waals surface area contributed by atoms with E-state index in [1.54, 1.807) is 0 Å². The molecule has 0 heterocycles.